The zero-order chi connectivity index (χ0) is 57.1. The smallest absolute Gasteiger partial charge is 0.306 e. The number of allylic oxidation sites excluding steroid dienone is 18. The zero-order valence-electron chi connectivity index (χ0n) is 51.9. The Labute approximate surface area is 489 Å². The average molecular weight is 1100 g/mol. The summed E-state index contributed by atoms with van der Waals surface area (Å²) < 4.78 is 16.9. The summed E-state index contributed by atoms with van der Waals surface area (Å²) in [6.45, 7) is 6.50. The van der Waals surface area contributed by atoms with E-state index < -0.39 is 6.10 Å². The van der Waals surface area contributed by atoms with Crippen molar-refractivity contribution in [1.29, 1.82) is 0 Å². The second kappa shape index (κ2) is 66.6. The van der Waals surface area contributed by atoms with Gasteiger partial charge in [-0.25, -0.2) is 0 Å². The first kappa shape index (κ1) is 75.1. The van der Waals surface area contributed by atoms with Crippen molar-refractivity contribution in [3.8, 4) is 0 Å². The highest BCUT2D eigenvalue weighted by atomic mass is 16.6. The van der Waals surface area contributed by atoms with Crippen molar-refractivity contribution in [2.24, 2.45) is 0 Å². The van der Waals surface area contributed by atoms with E-state index in [1.165, 1.54) is 154 Å². The Kier molecular flexibility index (Phi) is 63.3. The number of hydrogen-bond donors (Lipinski definition) is 0. The third-order valence-corrected chi connectivity index (χ3v) is 14.2. The van der Waals surface area contributed by atoms with Gasteiger partial charge in [0, 0.05) is 19.3 Å². The molecule has 0 aliphatic rings. The number of carbonyl (C=O) groups excluding carboxylic acids is 3. The second-order valence-electron chi connectivity index (χ2n) is 22.0. The van der Waals surface area contributed by atoms with Crippen LogP contribution < -0.4 is 0 Å². The Balaban J connectivity index is 4.37. The number of ether oxygens (including phenoxy) is 3. The fourth-order valence-corrected chi connectivity index (χ4v) is 9.24. The Morgan fingerprint density at radius 1 is 0.266 bits per heavy atom. The highest BCUT2D eigenvalue weighted by molar-refractivity contribution is 5.71. The monoisotopic (exact) mass is 1100 g/mol. The van der Waals surface area contributed by atoms with Gasteiger partial charge in [-0.15, -0.1) is 0 Å². The van der Waals surface area contributed by atoms with Gasteiger partial charge in [-0.05, 0) is 128 Å². The molecule has 0 rings (SSSR count). The van der Waals surface area contributed by atoms with Crippen LogP contribution >= 0.6 is 0 Å². The minimum atomic E-state index is -0.798. The van der Waals surface area contributed by atoms with Gasteiger partial charge >= 0.3 is 17.9 Å². The van der Waals surface area contributed by atoms with Gasteiger partial charge in [-0.2, -0.15) is 0 Å². The molecule has 79 heavy (non-hydrogen) atoms. The Hall–Kier alpha value is -3.93. The van der Waals surface area contributed by atoms with Gasteiger partial charge < -0.3 is 14.2 Å². The van der Waals surface area contributed by atoms with E-state index in [-0.39, 0.29) is 31.1 Å². The minimum absolute atomic E-state index is 0.0915. The first-order valence-electron chi connectivity index (χ1n) is 33.4. The first-order valence-corrected chi connectivity index (χ1v) is 33.4. The average Bonchev–Trinajstić information content (AvgIpc) is 3.45. The normalized spacial score (nSPS) is 12.8. The van der Waals surface area contributed by atoms with Gasteiger partial charge in [0.25, 0.3) is 0 Å². The van der Waals surface area contributed by atoms with E-state index >= 15 is 0 Å². The summed E-state index contributed by atoms with van der Waals surface area (Å²) in [4.78, 5) is 38.4. The fourth-order valence-electron chi connectivity index (χ4n) is 9.24. The van der Waals surface area contributed by atoms with E-state index in [0.29, 0.717) is 19.3 Å². The third kappa shape index (κ3) is 64.8. The molecule has 1 atom stereocenters. The summed E-state index contributed by atoms with van der Waals surface area (Å²) in [5.41, 5.74) is 0. The molecule has 452 valence electrons. The van der Waals surface area contributed by atoms with Crippen molar-refractivity contribution >= 4 is 17.9 Å². The molecule has 0 heterocycles. The molecule has 0 bridgehead atoms. The van der Waals surface area contributed by atoms with Crippen LogP contribution in [0.5, 0.6) is 0 Å². The third-order valence-electron chi connectivity index (χ3n) is 14.2. The predicted molar refractivity (Wildman–Crippen MR) is 343 cm³/mol. The topological polar surface area (TPSA) is 78.9 Å². The molecule has 0 spiro atoms. The summed E-state index contributed by atoms with van der Waals surface area (Å²) in [6, 6.07) is 0. The van der Waals surface area contributed by atoms with Crippen molar-refractivity contribution in [3.05, 3.63) is 109 Å². The number of rotatable bonds is 60. The fraction of sp³-hybridized carbons (Fsp3) is 0.712. The molecule has 0 aliphatic carbocycles. The molecule has 1 unspecified atom stereocenters. The molecular weight excluding hydrogens is 973 g/mol. The maximum atomic E-state index is 12.9. The molecule has 0 aromatic rings. The SMILES string of the molecule is CC/C=C\C/C=C\C/C=C\C/C=C\C/C=C\C/C=C\CCCCCCC(=O)OC(COC(=O)CCCCCCC/C=C\CCCCCC)COC(=O)CCCCCCCCCCCCCCC/C=C\C/C=C\CCCCCCC. The van der Waals surface area contributed by atoms with Gasteiger partial charge in [0.15, 0.2) is 6.10 Å². The molecule has 0 radical (unpaired) electrons. The lowest BCUT2D eigenvalue weighted by atomic mass is 10.0. The van der Waals surface area contributed by atoms with Crippen molar-refractivity contribution in [1.82, 2.24) is 0 Å². The van der Waals surface area contributed by atoms with Gasteiger partial charge in [-0.1, -0.05) is 278 Å². The maximum absolute atomic E-state index is 12.9. The zero-order valence-corrected chi connectivity index (χ0v) is 51.9. The number of hydrogen-bond acceptors (Lipinski definition) is 6. The molecule has 0 fully saturated rings. The van der Waals surface area contributed by atoms with Gasteiger partial charge in [-0.3, -0.25) is 14.4 Å². The summed E-state index contributed by atoms with van der Waals surface area (Å²) in [5.74, 6) is -0.918. The van der Waals surface area contributed by atoms with E-state index in [9.17, 15) is 14.4 Å². The molecule has 0 saturated heterocycles. The molecular formula is C73H124O6. The summed E-state index contributed by atoms with van der Waals surface area (Å²) in [7, 11) is 0. The molecule has 6 heteroatoms. The molecule has 0 aromatic heterocycles. The van der Waals surface area contributed by atoms with E-state index in [2.05, 4.69) is 130 Å². The van der Waals surface area contributed by atoms with Crippen molar-refractivity contribution < 1.29 is 28.6 Å². The molecule has 6 nitrogen and oxygen atoms in total. The number of unbranched alkanes of at least 4 members (excludes halogenated alkanes) is 31. The van der Waals surface area contributed by atoms with E-state index in [4.69, 9.17) is 14.2 Å². The van der Waals surface area contributed by atoms with Crippen LogP contribution in [0.1, 0.15) is 316 Å². The molecule has 0 saturated carbocycles. The summed E-state index contributed by atoms with van der Waals surface area (Å²) in [6.07, 6.45) is 91.0. The van der Waals surface area contributed by atoms with Crippen molar-refractivity contribution in [2.45, 2.75) is 322 Å². The Morgan fingerprint density at radius 3 is 0.797 bits per heavy atom. The van der Waals surface area contributed by atoms with Crippen LogP contribution in [0, 0.1) is 0 Å². The Bertz CT molecular complexity index is 1590. The quantitative estimate of drug-likeness (QED) is 0.0261. The standard InChI is InChI=1S/C73H124O6/c1-4-7-10-13-16-19-22-25-27-29-31-33-35-36-38-39-41-43-45-48-51-54-57-60-63-66-72(75)78-69-70(68-77-71(74)65-62-59-56-53-50-47-24-21-18-15-12-9-6-3)79-73(76)67-64-61-58-55-52-49-46-44-42-40-37-34-32-30-28-26-23-20-17-14-11-8-5-2/h8,11,17,20-22,24-26,28-29,31-32,34,40,42,46,49,70H,4-7,9-10,12-16,18-19,23,27,30,33,35-39,41,43-45,47-48,50-69H2,1-3H3/b11-8-,20-17-,24-21-,25-22-,28-26-,31-29-,34-32-,42-40-,49-46-. The predicted octanol–water partition coefficient (Wildman–Crippen LogP) is 23.0. The van der Waals surface area contributed by atoms with Gasteiger partial charge in [0.05, 0.1) is 0 Å². The van der Waals surface area contributed by atoms with Crippen LogP contribution in [-0.2, 0) is 28.6 Å². The highest BCUT2D eigenvalue weighted by Gasteiger charge is 2.19. The van der Waals surface area contributed by atoms with Crippen molar-refractivity contribution in [3.63, 3.8) is 0 Å². The number of esters is 3. The molecule has 0 N–H and O–H groups in total. The van der Waals surface area contributed by atoms with Crippen LogP contribution in [0.2, 0.25) is 0 Å². The first-order chi connectivity index (χ1) is 39.0. The van der Waals surface area contributed by atoms with E-state index in [1.807, 2.05) is 0 Å². The Morgan fingerprint density at radius 2 is 0.494 bits per heavy atom. The lowest BCUT2D eigenvalue weighted by Gasteiger charge is -2.18. The lowest BCUT2D eigenvalue weighted by Crippen LogP contribution is -2.30. The summed E-state index contributed by atoms with van der Waals surface area (Å²) >= 11 is 0. The van der Waals surface area contributed by atoms with Crippen LogP contribution in [0.3, 0.4) is 0 Å². The van der Waals surface area contributed by atoms with Gasteiger partial charge in [0.1, 0.15) is 13.2 Å². The minimum Gasteiger partial charge on any atom is -0.462 e. The summed E-state index contributed by atoms with van der Waals surface area (Å²) in [5, 5.41) is 0. The van der Waals surface area contributed by atoms with Crippen LogP contribution in [0.25, 0.3) is 0 Å². The largest absolute Gasteiger partial charge is 0.462 e. The van der Waals surface area contributed by atoms with Crippen LogP contribution in [0.15, 0.2) is 109 Å². The van der Waals surface area contributed by atoms with Gasteiger partial charge in [0.2, 0.25) is 0 Å². The lowest BCUT2D eigenvalue weighted by molar-refractivity contribution is -0.167. The number of carbonyl (C=O) groups is 3. The van der Waals surface area contributed by atoms with Crippen LogP contribution in [0.4, 0.5) is 0 Å². The molecule has 0 amide bonds. The highest BCUT2D eigenvalue weighted by Crippen LogP contribution is 2.16. The van der Waals surface area contributed by atoms with Crippen LogP contribution in [-0.4, -0.2) is 37.2 Å². The van der Waals surface area contributed by atoms with E-state index in [0.717, 1.165) is 122 Å². The van der Waals surface area contributed by atoms with Crippen molar-refractivity contribution in [2.75, 3.05) is 13.2 Å². The maximum Gasteiger partial charge on any atom is 0.306 e. The second-order valence-corrected chi connectivity index (χ2v) is 22.0. The molecule has 0 aliphatic heterocycles. The van der Waals surface area contributed by atoms with E-state index in [1.54, 1.807) is 0 Å². The molecule has 0 aromatic carbocycles.